The van der Waals surface area contributed by atoms with Crippen LogP contribution in [-0.4, -0.2) is 11.5 Å². The highest BCUT2D eigenvalue weighted by Crippen LogP contribution is 2.31. The van der Waals surface area contributed by atoms with Gasteiger partial charge in [-0.1, -0.05) is 53.0 Å². The molecule has 0 saturated heterocycles. The molecule has 2 aromatic carbocycles. The van der Waals surface area contributed by atoms with Gasteiger partial charge in [-0.25, -0.2) is 0 Å². The Morgan fingerprint density at radius 3 is 2.42 bits per heavy atom. The summed E-state index contributed by atoms with van der Waals surface area (Å²) in [5.74, 6) is 0.408. The van der Waals surface area contributed by atoms with Gasteiger partial charge in [0.25, 0.3) is 0 Å². The van der Waals surface area contributed by atoms with Crippen LogP contribution in [0, 0.1) is 0 Å². The van der Waals surface area contributed by atoms with Gasteiger partial charge < -0.3 is 0 Å². The predicted molar refractivity (Wildman–Crippen MR) is 101 cm³/mol. The van der Waals surface area contributed by atoms with Crippen LogP contribution in [0.15, 0.2) is 47.5 Å². The lowest BCUT2D eigenvalue weighted by Gasteiger charge is -2.23. The molecule has 0 spiro atoms. The van der Waals surface area contributed by atoms with Crippen LogP contribution in [0.3, 0.4) is 0 Å². The molecule has 1 saturated carbocycles. The first-order chi connectivity index (χ1) is 11.5. The van der Waals surface area contributed by atoms with E-state index in [0.717, 1.165) is 23.3 Å². The molecule has 2 nitrogen and oxygen atoms in total. The number of carbonyl (C=O) groups excluding carboxylic acids is 1. The van der Waals surface area contributed by atoms with Crippen molar-refractivity contribution in [3.8, 4) is 0 Å². The normalized spacial score (nSPS) is 19.7. The Morgan fingerprint density at radius 2 is 1.71 bits per heavy atom. The van der Waals surface area contributed by atoms with E-state index in [0.29, 0.717) is 34.5 Å². The lowest BCUT2D eigenvalue weighted by Crippen LogP contribution is -2.21. The molecular formula is C19H16Cl3NO. The molecule has 5 heteroatoms. The van der Waals surface area contributed by atoms with Gasteiger partial charge in [-0.3, -0.25) is 9.79 Å². The fraction of sp³-hybridized carbons (Fsp3) is 0.263. The second-order valence-electron chi connectivity index (χ2n) is 6.00. The summed E-state index contributed by atoms with van der Waals surface area (Å²) < 4.78 is 0. The topological polar surface area (TPSA) is 29.4 Å². The Balaban J connectivity index is 1.73. The number of halogens is 3. The fourth-order valence-electron chi connectivity index (χ4n) is 2.94. The number of hydrogen-bond acceptors (Lipinski definition) is 2. The molecule has 24 heavy (non-hydrogen) atoms. The van der Waals surface area contributed by atoms with Gasteiger partial charge in [-0.2, -0.15) is 0 Å². The Morgan fingerprint density at radius 1 is 0.958 bits per heavy atom. The lowest BCUT2D eigenvalue weighted by atomic mass is 9.82. The van der Waals surface area contributed by atoms with Crippen molar-refractivity contribution in [2.45, 2.75) is 31.7 Å². The maximum absolute atomic E-state index is 12.1. The van der Waals surface area contributed by atoms with Crippen molar-refractivity contribution >= 4 is 46.3 Å². The molecule has 0 radical (unpaired) electrons. The van der Waals surface area contributed by atoms with Crippen LogP contribution in [0.2, 0.25) is 15.1 Å². The lowest BCUT2D eigenvalue weighted by molar-refractivity contribution is -0.118. The zero-order chi connectivity index (χ0) is 17.1. The number of carbonyl (C=O) groups is 1. The first-order valence-electron chi connectivity index (χ1n) is 7.74. The SMILES string of the molecule is O=C1CC(=NCc2ccc(Cl)c(Cl)c2)C[C@@H](c2ccc(Cl)cc2)C1. The molecule has 2 aromatic rings. The van der Waals surface area contributed by atoms with E-state index in [4.69, 9.17) is 34.8 Å². The van der Waals surface area contributed by atoms with Gasteiger partial charge >= 0.3 is 0 Å². The monoisotopic (exact) mass is 379 g/mol. The van der Waals surface area contributed by atoms with Crippen LogP contribution in [-0.2, 0) is 11.3 Å². The summed E-state index contributed by atoms with van der Waals surface area (Å²) >= 11 is 17.9. The molecule has 1 atom stereocenters. The zero-order valence-corrected chi connectivity index (χ0v) is 15.2. The van der Waals surface area contributed by atoms with E-state index < -0.39 is 0 Å². The van der Waals surface area contributed by atoms with Gasteiger partial charge in [0.1, 0.15) is 5.78 Å². The molecule has 0 aliphatic heterocycles. The maximum Gasteiger partial charge on any atom is 0.139 e. The van der Waals surface area contributed by atoms with Crippen molar-refractivity contribution in [3.63, 3.8) is 0 Å². The van der Waals surface area contributed by atoms with Gasteiger partial charge in [0.2, 0.25) is 0 Å². The Bertz CT molecular complexity index is 784. The summed E-state index contributed by atoms with van der Waals surface area (Å²) in [7, 11) is 0. The summed E-state index contributed by atoms with van der Waals surface area (Å²) in [6.45, 7) is 0.507. The van der Waals surface area contributed by atoms with E-state index >= 15 is 0 Å². The molecule has 1 aliphatic carbocycles. The molecule has 1 aliphatic rings. The maximum atomic E-state index is 12.1. The van der Waals surface area contributed by atoms with E-state index in [2.05, 4.69) is 4.99 Å². The Hall–Kier alpha value is -1.35. The van der Waals surface area contributed by atoms with Crippen molar-refractivity contribution in [1.82, 2.24) is 0 Å². The highest BCUT2D eigenvalue weighted by molar-refractivity contribution is 6.42. The van der Waals surface area contributed by atoms with Crippen LogP contribution in [0.25, 0.3) is 0 Å². The van der Waals surface area contributed by atoms with Crippen LogP contribution in [0.4, 0.5) is 0 Å². The van der Waals surface area contributed by atoms with Crippen LogP contribution in [0.5, 0.6) is 0 Å². The van der Waals surface area contributed by atoms with Crippen molar-refractivity contribution in [1.29, 1.82) is 0 Å². The smallest absolute Gasteiger partial charge is 0.139 e. The molecule has 124 valence electrons. The molecule has 0 amide bonds. The first kappa shape index (κ1) is 17.5. The summed E-state index contributed by atoms with van der Waals surface area (Å²) in [4.78, 5) is 16.7. The minimum atomic E-state index is 0.177. The minimum absolute atomic E-state index is 0.177. The second-order valence-corrected chi connectivity index (χ2v) is 7.25. The molecular weight excluding hydrogens is 365 g/mol. The summed E-state index contributed by atoms with van der Waals surface area (Å²) in [6.07, 6.45) is 1.80. The Labute approximate surface area is 156 Å². The number of rotatable bonds is 3. The van der Waals surface area contributed by atoms with Gasteiger partial charge in [0.05, 0.1) is 16.6 Å². The Kier molecular flexibility index (Phi) is 5.60. The highest BCUT2D eigenvalue weighted by Gasteiger charge is 2.25. The molecule has 0 aromatic heterocycles. The van der Waals surface area contributed by atoms with Gasteiger partial charge in [-0.15, -0.1) is 0 Å². The average molecular weight is 381 g/mol. The van der Waals surface area contributed by atoms with E-state index in [9.17, 15) is 4.79 Å². The summed E-state index contributed by atoms with van der Waals surface area (Å²) in [5, 5.41) is 1.76. The van der Waals surface area contributed by atoms with Crippen LogP contribution in [0.1, 0.15) is 36.3 Å². The van der Waals surface area contributed by atoms with E-state index in [1.807, 2.05) is 36.4 Å². The number of aliphatic imine (C=N–C) groups is 1. The van der Waals surface area contributed by atoms with E-state index in [-0.39, 0.29) is 11.7 Å². The standard InChI is InChI=1S/C19H16Cl3NO/c20-15-4-2-13(3-5-15)14-8-16(10-17(24)9-14)23-11-12-1-6-18(21)19(22)7-12/h1-7,14H,8-11H2/t14-/m1/s1. The van der Waals surface area contributed by atoms with Crippen LogP contribution < -0.4 is 0 Å². The predicted octanol–water partition coefficient (Wildman–Crippen LogP) is 6.12. The van der Waals surface area contributed by atoms with E-state index in [1.54, 1.807) is 6.07 Å². The minimum Gasteiger partial charge on any atom is -0.299 e. The fourth-order valence-corrected chi connectivity index (χ4v) is 3.38. The average Bonchev–Trinajstić information content (AvgIpc) is 2.56. The molecule has 1 fully saturated rings. The largest absolute Gasteiger partial charge is 0.299 e. The van der Waals surface area contributed by atoms with Crippen molar-refractivity contribution in [2.75, 3.05) is 0 Å². The second kappa shape index (κ2) is 7.69. The quantitative estimate of drug-likeness (QED) is 0.630. The highest BCUT2D eigenvalue weighted by atomic mass is 35.5. The zero-order valence-electron chi connectivity index (χ0n) is 12.9. The summed E-state index contributed by atoms with van der Waals surface area (Å²) in [5.41, 5.74) is 3.06. The van der Waals surface area contributed by atoms with Crippen molar-refractivity contribution < 1.29 is 4.79 Å². The third kappa shape index (κ3) is 4.38. The van der Waals surface area contributed by atoms with Gasteiger partial charge in [0, 0.05) is 23.6 Å². The molecule has 0 bridgehead atoms. The van der Waals surface area contributed by atoms with Gasteiger partial charge in [-0.05, 0) is 47.7 Å². The van der Waals surface area contributed by atoms with Crippen molar-refractivity contribution in [2.24, 2.45) is 4.99 Å². The summed E-state index contributed by atoms with van der Waals surface area (Å²) in [6, 6.07) is 13.2. The molecule has 0 unspecified atom stereocenters. The third-order valence-electron chi connectivity index (χ3n) is 4.17. The van der Waals surface area contributed by atoms with Crippen molar-refractivity contribution in [3.05, 3.63) is 68.7 Å². The molecule has 0 heterocycles. The number of ketones is 1. The number of Topliss-reactive ketones (excluding diaryl/α,β-unsaturated/α-hetero) is 1. The van der Waals surface area contributed by atoms with Crippen LogP contribution >= 0.6 is 34.8 Å². The van der Waals surface area contributed by atoms with E-state index in [1.165, 1.54) is 0 Å². The number of nitrogens with zero attached hydrogens (tertiary/aromatic N) is 1. The van der Waals surface area contributed by atoms with Gasteiger partial charge in [0.15, 0.2) is 0 Å². The third-order valence-corrected chi connectivity index (χ3v) is 5.16. The first-order valence-corrected chi connectivity index (χ1v) is 8.88. The molecule has 3 rings (SSSR count). The number of benzene rings is 2. The molecule has 0 N–H and O–H groups in total. The number of hydrogen-bond donors (Lipinski definition) is 0.